The topological polar surface area (TPSA) is 12.0 Å². The second-order valence-corrected chi connectivity index (χ2v) is 5.52. The third-order valence-electron chi connectivity index (χ3n) is 2.85. The lowest BCUT2D eigenvalue weighted by Crippen LogP contribution is -2.31. The van der Waals surface area contributed by atoms with Gasteiger partial charge in [0.25, 0.3) is 0 Å². The van der Waals surface area contributed by atoms with Crippen LogP contribution in [0.2, 0.25) is 0 Å². The smallest absolute Gasteiger partial charge is 0.0297 e. The lowest BCUT2D eigenvalue weighted by atomic mass is 9.99. The molecule has 90 valence electrons. The molecule has 2 unspecified atom stereocenters. The van der Waals surface area contributed by atoms with Gasteiger partial charge in [0, 0.05) is 17.8 Å². The van der Waals surface area contributed by atoms with Crippen LogP contribution in [0.3, 0.4) is 0 Å². The van der Waals surface area contributed by atoms with Crippen LogP contribution < -0.4 is 5.32 Å². The van der Waals surface area contributed by atoms with E-state index in [1.165, 1.54) is 16.7 Å². The van der Waals surface area contributed by atoms with E-state index < -0.39 is 0 Å². The Bertz CT molecular complexity index is 336. The van der Waals surface area contributed by atoms with Gasteiger partial charge >= 0.3 is 0 Å². The number of benzene rings is 1. The van der Waals surface area contributed by atoms with Crippen molar-refractivity contribution >= 4 is 11.8 Å². The maximum absolute atomic E-state index is 3.64. The Morgan fingerprint density at radius 3 is 2.56 bits per heavy atom. The molecular weight excluding hydrogens is 214 g/mol. The van der Waals surface area contributed by atoms with Crippen LogP contribution >= 0.6 is 11.8 Å². The van der Waals surface area contributed by atoms with Crippen molar-refractivity contribution in [3.63, 3.8) is 0 Å². The van der Waals surface area contributed by atoms with Gasteiger partial charge in [0.15, 0.2) is 0 Å². The van der Waals surface area contributed by atoms with Crippen molar-refractivity contribution in [2.24, 2.45) is 0 Å². The van der Waals surface area contributed by atoms with Crippen molar-refractivity contribution in [3.8, 4) is 0 Å². The van der Waals surface area contributed by atoms with Gasteiger partial charge in [0.2, 0.25) is 0 Å². The van der Waals surface area contributed by atoms with Crippen LogP contribution in [0.1, 0.15) is 36.6 Å². The molecule has 0 fully saturated rings. The maximum Gasteiger partial charge on any atom is 0.0297 e. The minimum atomic E-state index is 0.432. The molecule has 2 atom stereocenters. The molecule has 0 aromatic heterocycles. The molecule has 1 aromatic rings. The van der Waals surface area contributed by atoms with E-state index in [-0.39, 0.29) is 0 Å². The summed E-state index contributed by atoms with van der Waals surface area (Å²) in [7, 11) is 0. The molecule has 1 aromatic carbocycles. The highest BCUT2D eigenvalue weighted by Crippen LogP contribution is 2.19. The highest BCUT2D eigenvalue weighted by molar-refractivity contribution is 7.98. The first-order valence-electron chi connectivity index (χ1n) is 5.86. The van der Waals surface area contributed by atoms with Crippen LogP contribution in [-0.2, 0) is 0 Å². The average Bonchev–Trinajstić information content (AvgIpc) is 2.21. The summed E-state index contributed by atoms with van der Waals surface area (Å²) in [5.41, 5.74) is 4.14. The van der Waals surface area contributed by atoms with Crippen LogP contribution in [0.15, 0.2) is 18.2 Å². The van der Waals surface area contributed by atoms with Gasteiger partial charge in [-0.25, -0.2) is 0 Å². The van der Waals surface area contributed by atoms with E-state index in [4.69, 9.17) is 0 Å². The second-order valence-electron chi connectivity index (χ2n) is 4.60. The zero-order valence-corrected chi connectivity index (χ0v) is 11.8. The first kappa shape index (κ1) is 13.6. The van der Waals surface area contributed by atoms with Crippen molar-refractivity contribution in [2.45, 2.75) is 39.8 Å². The third-order valence-corrected chi connectivity index (χ3v) is 3.69. The Morgan fingerprint density at radius 2 is 1.94 bits per heavy atom. The molecular formula is C14H23NS. The van der Waals surface area contributed by atoms with Gasteiger partial charge in [-0.15, -0.1) is 0 Å². The molecule has 16 heavy (non-hydrogen) atoms. The van der Waals surface area contributed by atoms with Crippen molar-refractivity contribution in [1.29, 1.82) is 0 Å². The normalized spacial score (nSPS) is 14.8. The Balaban J connectivity index is 2.72. The molecule has 1 N–H and O–H groups in total. The van der Waals surface area contributed by atoms with Gasteiger partial charge < -0.3 is 5.32 Å². The fraction of sp³-hybridized carbons (Fsp3) is 0.571. The molecule has 0 radical (unpaired) electrons. The van der Waals surface area contributed by atoms with Crippen molar-refractivity contribution in [2.75, 3.05) is 12.0 Å². The van der Waals surface area contributed by atoms with E-state index >= 15 is 0 Å². The lowest BCUT2D eigenvalue weighted by Gasteiger charge is -2.21. The van der Waals surface area contributed by atoms with Crippen LogP contribution in [0.5, 0.6) is 0 Å². The fourth-order valence-electron chi connectivity index (χ4n) is 2.04. The van der Waals surface area contributed by atoms with Gasteiger partial charge in [0.1, 0.15) is 0 Å². The van der Waals surface area contributed by atoms with E-state index in [1.54, 1.807) is 0 Å². The summed E-state index contributed by atoms with van der Waals surface area (Å²) in [5, 5.41) is 3.64. The summed E-state index contributed by atoms with van der Waals surface area (Å²) in [6, 6.07) is 7.67. The highest BCUT2D eigenvalue weighted by Gasteiger charge is 2.11. The molecule has 2 heteroatoms. The first-order valence-corrected chi connectivity index (χ1v) is 7.26. The molecule has 0 saturated carbocycles. The van der Waals surface area contributed by atoms with Crippen LogP contribution in [0.4, 0.5) is 0 Å². The fourth-order valence-corrected chi connectivity index (χ4v) is 2.64. The molecule has 0 spiro atoms. The zero-order chi connectivity index (χ0) is 12.1. The molecule has 0 saturated heterocycles. The minimum Gasteiger partial charge on any atom is -0.307 e. The molecule has 1 rings (SSSR count). The van der Waals surface area contributed by atoms with Gasteiger partial charge in [-0.3, -0.25) is 0 Å². The number of nitrogens with one attached hydrogen (secondary N) is 1. The molecule has 1 nitrogen and oxygen atoms in total. The van der Waals surface area contributed by atoms with E-state index in [2.05, 4.69) is 57.5 Å². The quantitative estimate of drug-likeness (QED) is 0.838. The largest absolute Gasteiger partial charge is 0.307 e. The van der Waals surface area contributed by atoms with Crippen LogP contribution in [0.25, 0.3) is 0 Å². The minimum absolute atomic E-state index is 0.432. The number of rotatable bonds is 5. The molecule has 0 aliphatic carbocycles. The molecule has 0 amide bonds. The van der Waals surface area contributed by atoms with E-state index in [0.717, 1.165) is 5.75 Å². The van der Waals surface area contributed by atoms with E-state index in [0.29, 0.717) is 12.1 Å². The van der Waals surface area contributed by atoms with Crippen LogP contribution in [-0.4, -0.2) is 18.1 Å². The third kappa shape index (κ3) is 3.84. The van der Waals surface area contributed by atoms with Gasteiger partial charge in [0.05, 0.1) is 0 Å². The van der Waals surface area contributed by atoms with Crippen molar-refractivity contribution in [3.05, 3.63) is 34.9 Å². The van der Waals surface area contributed by atoms with Crippen molar-refractivity contribution < 1.29 is 0 Å². The number of hydrogen-bond acceptors (Lipinski definition) is 2. The standard InChI is InChI=1S/C14H23NS/c1-10-6-7-11(2)14(8-10)13(4)15-12(3)9-16-5/h6-8,12-13,15H,9H2,1-5H3. The highest BCUT2D eigenvalue weighted by atomic mass is 32.2. The van der Waals surface area contributed by atoms with Gasteiger partial charge in [-0.05, 0) is 45.1 Å². The summed E-state index contributed by atoms with van der Waals surface area (Å²) in [5.74, 6) is 1.16. The Morgan fingerprint density at radius 1 is 1.25 bits per heavy atom. The predicted molar refractivity (Wildman–Crippen MR) is 75.3 cm³/mol. The predicted octanol–water partition coefficient (Wildman–Crippen LogP) is 3.71. The summed E-state index contributed by atoms with van der Waals surface area (Å²) in [6.45, 7) is 8.84. The molecule has 0 heterocycles. The maximum atomic E-state index is 3.64. The lowest BCUT2D eigenvalue weighted by molar-refractivity contribution is 0.509. The average molecular weight is 237 g/mol. The van der Waals surface area contributed by atoms with Gasteiger partial charge in [-0.2, -0.15) is 11.8 Å². The summed E-state index contributed by atoms with van der Waals surface area (Å²) in [6.07, 6.45) is 2.15. The van der Waals surface area contributed by atoms with Gasteiger partial charge in [-0.1, -0.05) is 23.8 Å². The molecule has 0 aliphatic heterocycles. The second kappa shape index (κ2) is 6.31. The Hall–Kier alpha value is -0.470. The molecule has 0 aliphatic rings. The number of aryl methyl sites for hydroxylation is 2. The SMILES string of the molecule is CSCC(C)NC(C)c1cc(C)ccc1C. The number of thioether (sulfide) groups is 1. The first-order chi connectivity index (χ1) is 7.54. The summed E-state index contributed by atoms with van der Waals surface area (Å²) >= 11 is 1.89. The van der Waals surface area contributed by atoms with E-state index in [1.807, 2.05) is 11.8 Å². The summed E-state index contributed by atoms with van der Waals surface area (Å²) < 4.78 is 0. The number of hydrogen-bond donors (Lipinski definition) is 1. The Kier molecular flexibility index (Phi) is 5.36. The molecule has 0 bridgehead atoms. The zero-order valence-electron chi connectivity index (χ0n) is 11.0. The van der Waals surface area contributed by atoms with Crippen molar-refractivity contribution in [1.82, 2.24) is 5.32 Å². The summed E-state index contributed by atoms with van der Waals surface area (Å²) in [4.78, 5) is 0. The Labute approximate surface area is 104 Å². The van der Waals surface area contributed by atoms with E-state index in [9.17, 15) is 0 Å². The monoisotopic (exact) mass is 237 g/mol. The van der Waals surface area contributed by atoms with Crippen LogP contribution in [0, 0.1) is 13.8 Å².